The molecule has 0 saturated heterocycles. The molecule has 0 radical (unpaired) electrons. The molecule has 3 rings (SSSR count). The van der Waals surface area contributed by atoms with E-state index in [1.807, 2.05) is 12.1 Å². The molecule has 0 spiro atoms. The van der Waals surface area contributed by atoms with E-state index < -0.39 is 0 Å². The molecule has 110 valence electrons. The van der Waals surface area contributed by atoms with E-state index in [2.05, 4.69) is 74.9 Å². The molecule has 1 nitrogen and oxygen atoms in total. The normalized spacial score (nSPS) is 10.9. The molecule has 0 N–H and O–H groups in total. The van der Waals surface area contributed by atoms with Crippen LogP contribution in [0.25, 0.3) is 30.0 Å². The number of benzene rings is 2. The largest absolute Gasteiger partial charge is 0.312 e. The Labute approximate surface area is 131 Å². The number of rotatable bonds is 2. The van der Waals surface area contributed by atoms with Gasteiger partial charge in [-0.25, -0.2) is 0 Å². The molecule has 0 saturated carbocycles. The summed E-state index contributed by atoms with van der Waals surface area (Å²) in [6.45, 7) is 14.6. The Bertz CT molecular complexity index is 917. The molecular formula is C21H21N. The lowest BCUT2D eigenvalue weighted by atomic mass is 9.95. The van der Waals surface area contributed by atoms with E-state index in [1.165, 1.54) is 27.8 Å². The Morgan fingerprint density at radius 2 is 1.23 bits per heavy atom. The summed E-state index contributed by atoms with van der Waals surface area (Å²) in [5, 5.41) is 1.92. The Morgan fingerprint density at radius 1 is 0.682 bits per heavy atom. The topological polar surface area (TPSA) is 4.93 Å². The van der Waals surface area contributed by atoms with E-state index in [1.54, 1.807) is 0 Å². The van der Waals surface area contributed by atoms with Gasteiger partial charge in [-0.1, -0.05) is 43.0 Å². The average molecular weight is 287 g/mol. The van der Waals surface area contributed by atoms with Gasteiger partial charge >= 0.3 is 0 Å². The Hall–Kier alpha value is -2.54. The zero-order valence-corrected chi connectivity index (χ0v) is 13.5. The standard InChI is InChI=1S/C21H21N/c1-14-6-10-20(15(2)12-14)21-11-9-19(13-16(21)3)22-17(4)7-8-18(22)5/h6-13H,4-5H2,1-3H3. The van der Waals surface area contributed by atoms with Crippen LogP contribution in [-0.4, -0.2) is 4.57 Å². The van der Waals surface area contributed by atoms with Gasteiger partial charge in [-0.2, -0.15) is 0 Å². The highest BCUT2D eigenvalue weighted by atomic mass is 15.0. The van der Waals surface area contributed by atoms with Crippen LogP contribution in [0.2, 0.25) is 0 Å². The highest BCUT2D eigenvalue weighted by Gasteiger charge is 2.07. The van der Waals surface area contributed by atoms with Crippen LogP contribution >= 0.6 is 0 Å². The van der Waals surface area contributed by atoms with E-state index in [4.69, 9.17) is 0 Å². The summed E-state index contributed by atoms with van der Waals surface area (Å²) in [6, 6.07) is 17.2. The van der Waals surface area contributed by atoms with Crippen LogP contribution in [0.4, 0.5) is 0 Å². The molecule has 0 amide bonds. The summed E-state index contributed by atoms with van der Waals surface area (Å²) in [7, 11) is 0. The van der Waals surface area contributed by atoms with Crippen molar-refractivity contribution >= 4 is 13.2 Å². The SMILES string of the molecule is C=c1ccc(=C)n1-c1ccc(-c2ccc(C)cc2C)c(C)c1. The maximum atomic E-state index is 4.07. The lowest BCUT2D eigenvalue weighted by Gasteiger charge is -2.13. The second-order valence-electron chi connectivity index (χ2n) is 5.97. The van der Waals surface area contributed by atoms with Crippen molar-refractivity contribution < 1.29 is 0 Å². The van der Waals surface area contributed by atoms with Gasteiger partial charge in [-0.05, 0) is 67.3 Å². The summed E-state index contributed by atoms with van der Waals surface area (Å²) < 4.78 is 2.08. The monoisotopic (exact) mass is 287 g/mol. The van der Waals surface area contributed by atoms with E-state index in [9.17, 15) is 0 Å². The minimum absolute atomic E-state index is 0.962. The zero-order chi connectivity index (χ0) is 15.9. The van der Waals surface area contributed by atoms with Gasteiger partial charge in [0, 0.05) is 16.4 Å². The van der Waals surface area contributed by atoms with Crippen molar-refractivity contribution in [3.05, 3.63) is 75.9 Å². The van der Waals surface area contributed by atoms with Crippen molar-refractivity contribution in [2.45, 2.75) is 20.8 Å². The lowest BCUT2D eigenvalue weighted by Crippen LogP contribution is -2.22. The molecule has 2 aromatic carbocycles. The first-order chi connectivity index (χ1) is 10.5. The fourth-order valence-corrected chi connectivity index (χ4v) is 3.06. The van der Waals surface area contributed by atoms with Crippen LogP contribution in [0.5, 0.6) is 0 Å². The third-order valence-electron chi connectivity index (χ3n) is 4.18. The Balaban J connectivity index is 2.14. The van der Waals surface area contributed by atoms with Crippen LogP contribution in [0.1, 0.15) is 16.7 Å². The molecule has 0 bridgehead atoms. The summed E-state index contributed by atoms with van der Waals surface area (Å²) >= 11 is 0. The average Bonchev–Trinajstić information content (AvgIpc) is 2.79. The third kappa shape index (κ3) is 2.39. The summed E-state index contributed by atoms with van der Waals surface area (Å²) in [4.78, 5) is 0. The van der Waals surface area contributed by atoms with Crippen molar-refractivity contribution in [2.24, 2.45) is 0 Å². The number of aryl methyl sites for hydroxylation is 3. The second-order valence-corrected chi connectivity index (χ2v) is 5.97. The van der Waals surface area contributed by atoms with Crippen LogP contribution in [-0.2, 0) is 0 Å². The third-order valence-corrected chi connectivity index (χ3v) is 4.18. The molecule has 0 atom stereocenters. The minimum Gasteiger partial charge on any atom is -0.312 e. The molecule has 1 heterocycles. The highest BCUT2D eigenvalue weighted by Crippen LogP contribution is 2.28. The summed E-state index contributed by atoms with van der Waals surface area (Å²) in [6.07, 6.45) is 0. The molecular weight excluding hydrogens is 266 g/mol. The van der Waals surface area contributed by atoms with Crippen molar-refractivity contribution in [3.63, 3.8) is 0 Å². The zero-order valence-electron chi connectivity index (χ0n) is 13.5. The van der Waals surface area contributed by atoms with Gasteiger partial charge in [0.1, 0.15) is 0 Å². The van der Waals surface area contributed by atoms with Crippen molar-refractivity contribution in [2.75, 3.05) is 0 Å². The fraction of sp³-hybridized carbons (Fsp3) is 0.143. The minimum atomic E-state index is 0.962. The number of aromatic nitrogens is 1. The highest BCUT2D eigenvalue weighted by molar-refractivity contribution is 5.72. The molecule has 22 heavy (non-hydrogen) atoms. The van der Waals surface area contributed by atoms with Gasteiger partial charge in [-0.15, -0.1) is 0 Å². The van der Waals surface area contributed by atoms with Gasteiger partial charge in [0.05, 0.1) is 0 Å². The molecule has 0 aliphatic rings. The van der Waals surface area contributed by atoms with Crippen LogP contribution in [0.3, 0.4) is 0 Å². The molecule has 0 aliphatic carbocycles. The van der Waals surface area contributed by atoms with E-state index in [0.717, 1.165) is 16.4 Å². The van der Waals surface area contributed by atoms with E-state index in [0.29, 0.717) is 0 Å². The number of nitrogens with zero attached hydrogens (tertiary/aromatic N) is 1. The predicted octanol–water partition coefficient (Wildman–Crippen LogP) is 3.89. The smallest absolute Gasteiger partial charge is 0.0464 e. The molecule has 0 aliphatic heterocycles. The van der Waals surface area contributed by atoms with E-state index >= 15 is 0 Å². The quantitative estimate of drug-likeness (QED) is 0.674. The van der Waals surface area contributed by atoms with Crippen LogP contribution < -0.4 is 10.7 Å². The van der Waals surface area contributed by atoms with Gasteiger partial charge in [0.15, 0.2) is 0 Å². The number of hydrogen-bond acceptors (Lipinski definition) is 0. The Morgan fingerprint density at radius 3 is 1.77 bits per heavy atom. The maximum Gasteiger partial charge on any atom is 0.0464 e. The Kier molecular flexibility index (Phi) is 3.50. The molecule has 0 fully saturated rings. The van der Waals surface area contributed by atoms with Gasteiger partial charge in [0.25, 0.3) is 0 Å². The van der Waals surface area contributed by atoms with Crippen molar-refractivity contribution in [3.8, 4) is 16.8 Å². The summed E-state index contributed by atoms with van der Waals surface area (Å²) in [5.41, 5.74) is 7.57. The first kappa shape index (κ1) is 14.4. The van der Waals surface area contributed by atoms with Gasteiger partial charge < -0.3 is 4.57 Å². The second kappa shape index (κ2) is 5.34. The summed E-state index contributed by atoms with van der Waals surface area (Å²) in [5.74, 6) is 0. The van der Waals surface area contributed by atoms with Crippen molar-refractivity contribution in [1.82, 2.24) is 4.57 Å². The molecule has 0 unspecified atom stereocenters. The first-order valence-corrected chi connectivity index (χ1v) is 7.51. The molecule has 1 aromatic heterocycles. The van der Waals surface area contributed by atoms with Crippen molar-refractivity contribution in [1.29, 1.82) is 0 Å². The maximum absolute atomic E-state index is 4.07. The molecule has 1 heteroatoms. The molecule has 3 aromatic rings. The fourth-order valence-electron chi connectivity index (χ4n) is 3.06. The lowest BCUT2D eigenvalue weighted by molar-refractivity contribution is 0.999. The van der Waals surface area contributed by atoms with E-state index in [-0.39, 0.29) is 0 Å². The van der Waals surface area contributed by atoms with Crippen LogP contribution in [0.15, 0.2) is 48.5 Å². The van der Waals surface area contributed by atoms with Gasteiger partial charge in [0.2, 0.25) is 0 Å². The number of hydrogen-bond donors (Lipinski definition) is 0. The van der Waals surface area contributed by atoms with Gasteiger partial charge in [-0.3, -0.25) is 0 Å². The first-order valence-electron chi connectivity index (χ1n) is 7.51. The van der Waals surface area contributed by atoms with Crippen LogP contribution in [0, 0.1) is 20.8 Å². The predicted molar refractivity (Wildman–Crippen MR) is 95.7 cm³/mol.